The van der Waals surface area contributed by atoms with E-state index in [0.717, 1.165) is 11.5 Å². The van der Waals surface area contributed by atoms with Gasteiger partial charge in [-0.2, -0.15) is 4.37 Å². The summed E-state index contributed by atoms with van der Waals surface area (Å²) in [5.41, 5.74) is 0. The van der Waals surface area contributed by atoms with E-state index in [2.05, 4.69) is 14.7 Å². The number of nitrogens with one attached hydrogen (secondary N) is 1. The van der Waals surface area contributed by atoms with Gasteiger partial charge in [0.1, 0.15) is 11.6 Å². The van der Waals surface area contributed by atoms with E-state index in [0.29, 0.717) is 16.7 Å². The lowest BCUT2D eigenvalue weighted by molar-refractivity contribution is 0.0995. The lowest BCUT2D eigenvalue weighted by Crippen LogP contribution is -2.10. The second kappa shape index (κ2) is 4.85. The Labute approximate surface area is 107 Å². The molecule has 0 aliphatic heterocycles. The Kier molecular flexibility index (Phi) is 3.44. The summed E-state index contributed by atoms with van der Waals surface area (Å²) in [4.78, 5) is 15.8. The van der Waals surface area contributed by atoms with Gasteiger partial charge in [0.2, 0.25) is 5.13 Å². The van der Waals surface area contributed by atoms with Gasteiger partial charge in [-0.1, -0.05) is 0 Å². The van der Waals surface area contributed by atoms with Crippen molar-refractivity contribution in [1.82, 2.24) is 9.36 Å². The first-order chi connectivity index (χ1) is 8.06. The largest absolute Gasteiger partial charge is 0.454 e. The molecule has 1 atom stereocenters. The molecular weight excluding hydrogens is 262 g/mol. The number of carbonyl (C=O) groups is 1. The zero-order valence-electron chi connectivity index (χ0n) is 9.23. The number of halogens is 1. The predicted molar refractivity (Wildman–Crippen MR) is 65.6 cm³/mol. The van der Waals surface area contributed by atoms with Gasteiger partial charge in [0.25, 0.3) is 5.91 Å². The van der Waals surface area contributed by atoms with Gasteiger partial charge >= 0.3 is 0 Å². The molecule has 17 heavy (non-hydrogen) atoms. The molecule has 2 aromatic heterocycles. The molecule has 5 nitrogen and oxygen atoms in total. The molecule has 0 spiro atoms. The zero-order valence-corrected chi connectivity index (χ0v) is 10.8. The number of aromatic nitrogens is 2. The van der Waals surface area contributed by atoms with Crippen molar-refractivity contribution in [2.75, 3.05) is 5.32 Å². The van der Waals surface area contributed by atoms with Crippen LogP contribution in [0.25, 0.3) is 0 Å². The van der Waals surface area contributed by atoms with Crippen molar-refractivity contribution in [3.63, 3.8) is 0 Å². The van der Waals surface area contributed by atoms with Crippen LogP contribution in [0.15, 0.2) is 16.5 Å². The van der Waals surface area contributed by atoms with Crippen LogP contribution >= 0.6 is 23.1 Å². The van der Waals surface area contributed by atoms with Gasteiger partial charge in [0.15, 0.2) is 5.76 Å². The maximum atomic E-state index is 11.8. The first-order valence-corrected chi connectivity index (χ1v) is 6.12. The smallest absolute Gasteiger partial charge is 0.293 e. The normalized spacial score (nSPS) is 12.4. The first kappa shape index (κ1) is 12.1. The van der Waals surface area contributed by atoms with Gasteiger partial charge < -0.3 is 4.42 Å². The summed E-state index contributed by atoms with van der Waals surface area (Å²) in [6.07, 6.45) is 0. The fourth-order valence-electron chi connectivity index (χ4n) is 1.20. The fraction of sp³-hybridized carbons (Fsp3) is 0.300. The summed E-state index contributed by atoms with van der Waals surface area (Å²) in [6, 6.07) is 3.26. The topological polar surface area (TPSA) is 68.0 Å². The third kappa shape index (κ3) is 2.83. The van der Waals surface area contributed by atoms with Crippen molar-refractivity contribution >= 4 is 34.2 Å². The van der Waals surface area contributed by atoms with Crippen LogP contribution in [0, 0.1) is 6.92 Å². The minimum atomic E-state index is -0.357. The number of nitrogens with zero attached hydrogens (tertiary/aromatic N) is 2. The summed E-state index contributed by atoms with van der Waals surface area (Å²) >= 11 is 6.96. The third-order valence-electron chi connectivity index (χ3n) is 1.99. The predicted octanol–water partition coefficient (Wildman–Crippen LogP) is 2.99. The number of amides is 1. The first-order valence-electron chi connectivity index (χ1n) is 4.91. The lowest BCUT2D eigenvalue weighted by atomic mass is 10.3. The van der Waals surface area contributed by atoms with Crippen LogP contribution in [0.2, 0.25) is 0 Å². The number of aryl methyl sites for hydroxylation is 1. The zero-order chi connectivity index (χ0) is 12.4. The molecule has 2 heterocycles. The number of furan rings is 1. The second-order valence-electron chi connectivity index (χ2n) is 3.42. The summed E-state index contributed by atoms with van der Waals surface area (Å²) in [7, 11) is 0. The number of anilines is 1. The average Bonchev–Trinajstić information content (AvgIpc) is 2.86. The second-order valence-corrected chi connectivity index (χ2v) is 4.83. The summed E-state index contributed by atoms with van der Waals surface area (Å²) in [5.74, 6) is 1.04. The van der Waals surface area contributed by atoms with E-state index >= 15 is 0 Å². The van der Waals surface area contributed by atoms with Gasteiger partial charge in [-0.15, -0.1) is 11.6 Å². The number of carbonyl (C=O) groups excluding carboxylic acids is 1. The standard InChI is InChI=1S/C10H10ClN3O2S/c1-5(11)7-3-4-8(16-7)9(15)13-10-12-6(2)14-17-10/h3-5H,1-2H3,(H,12,13,14,15). The van der Waals surface area contributed by atoms with E-state index in [9.17, 15) is 4.79 Å². The molecule has 7 heteroatoms. The van der Waals surface area contributed by atoms with Crippen molar-refractivity contribution in [1.29, 1.82) is 0 Å². The van der Waals surface area contributed by atoms with Crippen LogP contribution in [0.3, 0.4) is 0 Å². The quantitative estimate of drug-likeness (QED) is 0.872. The molecule has 2 rings (SSSR count). The molecule has 0 aliphatic rings. The van der Waals surface area contributed by atoms with E-state index in [4.69, 9.17) is 16.0 Å². The van der Waals surface area contributed by atoms with Crippen molar-refractivity contribution in [3.05, 3.63) is 29.5 Å². The molecule has 0 bridgehead atoms. The van der Waals surface area contributed by atoms with E-state index in [-0.39, 0.29) is 17.0 Å². The molecule has 0 radical (unpaired) electrons. The SMILES string of the molecule is Cc1nsc(NC(=O)c2ccc(C(C)Cl)o2)n1. The number of hydrogen-bond donors (Lipinski definition) is 1. The molecule has 0 fully saturated rings. The highest BCUT2D eigenvalue weighted by atomic mass is 35.5. The average molecular weight is 272 g/mol. The summed E-state index contributed by atoms with van der Waals surface area (Å²) in [5, 5.41) is 2.79. The maximum Gasteiger partial charge on any atom is 0.293 e. The fourth-order valence-corrected chi connectivity index (χ4v) is 1.88. The van der Waals surface area contributed by atoms with Crippen LogP contribution < -0.4 is 5.32 Å². The molecule has 0 aliphatic carbocycles. The molecule has 1 unspecified atom stereocenters. The van der Waals surface area contributed by atoms with Crippen LogP contribution in [0.1, 0.15) is 34.4 Å². The summed E-state index contributed by atoms with van der Waals surface area (Å²) < 4.78 is 9.26. The molecule has 2 aromatic rings. The highest BCUT2D eigenvalue weighted by Crippen LogP contribution is 2.22. The van der Waals surface area contributed by atoms with Crippen LogP contribution in [-0.2, 0) is 0 Å². The Bertz CT molecular complexity index is 535. The molecular formula is C10H10ClN3O2S. The molecule has 0 aromatic carbocycles. The Balaban J connectivity index is 2.09. The Hall–Kier alpha value is -1.40. The van der Waals surface area contributed by atoms with Gasteiger partial charge in [0, 0.05) is 11.5 Å². The summed E-state index contributed by atoms with van der Waals surface area (Å²) in [6.45, 7) is 3.53. The van der Waals surface area contributed by atoms with Crippen molar-refractivity contribution in [2.45, 2.75) is 19.2 Å². The monoisotopic (exact) mass is 271 g/mol. The minimum Gasteiger partial charge on any atom is -0.454 e. The van der Waals surface area contributed by atoms with Crippen LogP contribution in [0.5, 0.6) is 0 Å². The van der Waals surface area contributed by atoms with Gasteiger partial charge in [-0.05, 0) is 26.0 Å². The van der Waals surface area contributed by atoms with Crippen LogP contribution in [0.4, 0.5) is 5.13 Å². The maximum absolute atomic E-state index is 11.8. The van der Waals surface area contributed by atoms with E-state index in [1.807, 2.05) is 0 Å². The van der Waals surface area contributed by atoms with Crippen molar-refractivity contribution in [2.24, 2.45) is 0 Å². The minimum absolute atomic E-state index is 0.209. The van der Waals surface area contributed by atoms with Gasteiger partial charge in [-0.25, -0.2) is 4.98 Å². The third-order valence-corrected chi connectivity index (χ3v) is 2.93. The number of rotatable bonds is 3. The molecule has 0 saturated carbocycles. The lowest BCUT2D eigenvalue weighted by Gasteiger charge is -1.98. The molecule has 1 amide bonds. The Morgan fingerprint density at radius 1 is 1.59 bits per heavy atom. The van der Waals surface area contributed by atoms with E-state index in [1.165, 1.54) is 0 Å². The molecule has 1 N–H and O–H groups in total. The Morgan fingerprint density at radius 3 is 2.88 bits per heavy atom. The highest BCUT2D eigenvalue weighted by Gasteiger charge is 2.15. The van der Waals surface area contributed by atoms with Gasteiger partial charge in [-0.3, -0.25) is 10.1 Å². The Morgan fingerprint density at radius 2 is 2.35 bits per heavy atom. The van der Waals surface area contributed by atoms with Crippen molar-refractivity contribution < 1.29 is 9.21 Å². The molecule has 90 valence electrons. The van der Waals surface area contributed by atoms with Gasteiger partial charge in [0.05, 0.1) is 5.38 Å². The van der Waals surface area contributed by atoms with Crippen LogP contribution in [-0.4, -0.2) is 15.3 Å². The molecule has 0 saturated heterocycles. The van der Waals surface area contributed by atoms with E-state index in [1.54, 1.807) is 26.0 Å². The number of hydrogen-bond acceptors (Lipinski definition) is 5. The van der Waals surface area contributed by atoms with E-state index < -0.39 is 0 Å². The van der Waals surface area contributed by atoms with Crippen molar-refractivity contribution in [3.8, 4) is 0 Å². The number of alkyl halides is 1. The highest BCUT2D eigenvalue weighted by molar-refractivity contribution is 7.09.